The number of rotatable bonds is 4. The van der Waals surface area contributed by atoms with E-state index in [0.717, 1.165) is 12.1 Å². The van der Waals surface area contributed by atoms with Gasteiger partial charge >= 0.3 is 0 Å². The first kappa shape index (κ1) is 16.3. The molecule has 0 saturated carbocycles. The molecule has 0 bridgehead atoms. The molecule has 5 nitrogen and oxygen atoms in total. The minimum atomic E-state index is -0.709. The first-order chi connectivity index (χ1) is 10.4. The van der Waals surface area contributed by atoms with Gasteiger partial charge in [-0.15, -0.1) is 0 Å². The fraction of sp³-hybridized carbons (Fsp3) is 0.529. The Morgan fingerprint density at radius 3 is 2.59 bits per heavy atom. The lowest BCUT2D eigenvalue weighted by Gasteiger charge is -2.29. The van der Waals surface area contributed by atoms with E-state index in [1.807, 2.05) is 45.0 Å². The van der Waals surface area contributed by atoms with Gasteiger partial charge in [0.15, 0.2) is 0 Å². The van der Waals surface area contributed by atoms with E-state index in [2.05, 4.69) is 16.0 Å². The molecule has 1 fully saturated rings. The molecular weight excluding hydrogens is 278 g/mol. The van der Waals surface area contributed by atoms with Gasteiger partial charge in [-0.25, -0.2) is 0 Å². The zero-order valence-corrected chi connectivity index (χ0v) is 13.5. The fourth-order valence-corrected chi connectivity index (χ4v) is 2.49. The Morgan fingerprint density at radius 2 is 1.91 bits per heavy atom. The van der Waals surface area contributed by atoms with Crippen LogP contribution in [-0.4, -0.2) is 29.9 Å². The number of carbonyl (C=O) groups is 2. The summed E-state index contributed by atoms with van der Waals surface area (Å²) in [4.78, 5) is 23.9. The van der Waals surface area contributed by atoms with E-state index >= 15 is 0 Å². The van der Waals surface area contributed by atoms with Crippen molar-refractivity contribution in [2.24, 2.45) is 0 Å². The molecule has 1 aliphatic rings. The summed E-state index contributed by atoms with van der Waals surface area (Å²) in [5.41, 5.74) is 1.39. The SMILES string of the molecule is Cc1ccc(NC(C)(C)C(=O)NC2CCNC(=O)CC2)cc1. The molecule has 1 saturated heterocycles. The maximum Gasteiger partial charge on any atom is 0.245 e. The molecule has 1 unspecified atom stereocenters. The summed E-state index contributed by atoms with van der Waals surface area (Å²) in [6.45, 7) is 6.38. The molecule has 5 heteroatoms. The van der Waals surface area contributed by atoms with Gasteiger partial charge in [-0.1, -0.05) is 17.7 Å². The van der Waals surface area contributed by atoms with Crippen LogP contribution in [0.1, 0.15) is 38.7 Å². The number of anilines is 1. The minimum Gasteiger partial charge on any atom is -0.372 e. The highest BCUT2D eigenvalue weighted by molar-refractivity contribution is 5.88. The molecule has 120 valence electrons. The Balaban J connectivity index is 1.94. The summed E-state index contributed by atoms with van der Waals surface area (Å²) in [6.07, 6.45) is 1.94. The molecule has 1 aliphatic heterocycles. The second-order valence-electron chi connectivity index (χ2n) is 6.46. The van der Waals surface area contributed by atoms with Crippen LogP contribution in [0.5, 0.6) is 0 Å². The first-order valence-corrected chi connectivity index (χ1v) is 7.79. The van der Waals surface area contributed by atoms with Crippen molar-refractivity contribution in [3.05, 3.63) is 29.8 Å². The summed E-state index contributed by atoms with van der Waals surface area (Å²) >= 11 is 0. The molecule has 2 rings (SSSR count). The number of amides is 2. The van der Waals surface area contributed by atoms with Gasteiger partial charge in [0.2, 0.25) is 11.8 Å². The highest BCUT2D eigenvalue weighted by atomic mass is 16.2. The number of hydrogen-bond donors (Lipinski definition) is 3. The molecule has 0 spiro atoms. The smallest absolute Gasteiger partial charge is 0.245 e. The zero-order valence-electron chi connectivity index (χ0n) is 13.5. The van der Waals surface area contributed by atoms with Crippen LogP contribution in [0.15, 0.2) is 24.3 Å². The van der Waals surface area contributed by atoms with Crippen LogP contribution >= 0.6 is 0 Å². The zero-order chi connectivity index (χ0) is 16.2. The van der Waals surface area contributed by atoms with Crippen molar-refractivity contribution in [2.45, 2.75) is 51.6 Å². The van der Waals surface area contributed by atoms with Gasteiger partial charge in [-0.05, 0) is 45.7 Å². The second kappa shape index (κ2) is 6.81. The predicted octanol–water partition coefficient (Wildman–Crippen LogP) is 1.97. The molecule has 1 aromatic rings. The maximum absolute atomic E-state index is 12.5. The number of hydrogen-bond acceptors (Lipinski definition) is 3. The van der Waals surface area contributed by atoms with Crippen LogP contribution in [0.3, 0.4) is 0 Å². The quantitative estimate of drug-likeness (QED) is 0.796. The van der Waals surface area contributed by atoms with E-state index in [4.69, 9.17) is 0 Å². The van der Waals surface area contributed by atoms with E-state index in [0.29, 0.717) is 19.4 Å². The highest BCUT2D eigenvalue weighted by Gasteiger charge is 2.29. The molecule has 1 atom stereocenters. The van der Waals surface area contributed by atoms with Crippen LogP contribution in [0.4, 0.5) is 5.69 Å². The van der Waals surface area contributed by atoms with Crippen molar-refractivity contribution in [1.29, 1.82) is 0 Å². The van der Waals surface area contributed by atoms with Crippen molar-refractivity contribution in [2.75, 3.05) is 11.9 Å². The van der Waals surface area contributed by atoms with Crippen molar-refractivity contribution < 1.29 is 9.59 Å². The molecule has 2 amide bonds. The predicted molar refractivity (Wildman–Crippen MR) is 87.7 cm³/mol. The van der Waals surface area contributed by atoms with Crippen molar-refractivity contribution in [3.63, 3.8) is 0 Å². The topological polar surface area (TPSA) is 70.2 Å². The van der Waals surface area contributed by atoms with Crippen molar-refractivity contribution in [1.82, 2.24) is 10.6 Å². The van der Waals surface area contributed by atoms with Gasteiger partial charge in [0.1, 0.15) is 5.54 Å². The van der Waals surface area contributed by atoms with Gasteiger partial charge < -0.3 is 16.0 Å². The fourth-order valence-electron chi connectivity index (χ4n) is 2.49. The lowest BCUT2D eigenvalue weighted by atomic mass is 10.0. The average Bonchev–Trinajstić information content (AvgIpc) is 2.66. The van der Waals surface area contributed by atoms with Gasteiger partial charge in [0.05, 0.1) is 0 Å². The summed E-state index contributed by atoms with van der Waals surface area (Å²) in [5, 5.41) is 9.15. The van der Waals surface area contributed by atoms with Crippen LogP contribution in [0, 0.1) is 6.92 Å². The minimum absolute atomic E-state index is 0.0468. The Labute approximate surface area is 131 Å². The average molecular weight is 303 g/mol. The van der Waals surface area contributed by atoms with E-state index in [1.165, 1.54) is 5.56 Å². The Hall–Kier alpha value is -2.04. The van der Waals surface area contributed by atoms with Crippen LogP contribution in [0.25, 0.3) is 0 Å². The third-order valence-electron chi connectivity index (χ3n) is 3.95. The third kappa shape index (κ3) is 4.48. The third-order valence-corrected chi connectivity index (χ3v) is 3.95. The Bertz CT molecular complexity index is 537. The molecular formula is C17H25N3O2. The van der Waals surface area contributed by atoms with E-state index in [1.54, 1.807) is 0 Å². The van der Waals surface area contributed by atoms with Crippen LogP contribution in [0.2, 0.25) is 0 Å². The first-order valence-electron chi connectivity index (χ1n) is 7.79. The molecule has 1 aromatic carbocycles. The van der Waals surface area contributed by atoms with E-state index < -0.39 is 5.54 Å². The van der Waals surface area contributed by atoms with E-state index in [9.17, 15) is 9.59 Å². The van der Waals surface area contributed by atoms with Crippen molar-refractivity contribution in [3.8, 4) is 0 Å². The normalized spacial score (nSPS) is 19.0. The standard InChI is InChI=1S/C17H25N3O2/c1-12-4-6-14(7-5-12)20-17(2,3)16(22)19-13-8-9-15(21)18-11-10-13/h4-7,13,20H,8-11H2,1-3H3,(H,18,21)(H,19,22). The van der Waals surface area contributed by atoms with Gasteiger partial charge in [0.25, 0.3) is 0 Å². The summed E-state index contributed by atoms with van der Waals surface area (Å²) in [6, 6.07) is 8.01. The maximum atomic E-state index is 12.5. The number of nitrogens with one attached hydrogen (secondary N) is 3. The highest BCUT2D eigenvalue weighted by Crippen LogP contribution is 2.17. The molecule has 22 heavy (non-hydrogen) atoms. The molecule has 0 aliphatic carbocycles. The van der Waals surface area contributed by atoms with Gasteiger partial charge in [0, 0.05) is 24.7 Å². The largest absolute Gasteiger partial charge is 0.372 e. The second-order valence-corrected chi connectivity index (χ2v) is 6.46. The summed E-state index contributed by atoms with van der Waals surface area (Å²) in [7, 11) is 0. The lowest BCUT2D eigenvalue weighted by molar-refractivity contribution is -0.125. The summed E-state index contributed by atoms with van der Waals surface area (Å²) < 4.78 is 0. The molecule has 0 radical (unpaired) electrons. The Morgan fingerprint density at radius 1 is 1.23 bits per heavy atom. The van der Waals surface area contributed by atoms with Crippen LogP contribution < -0.4 is 16.0 Å². The summed E-state index contributed by atoms with van der Waals surface area (Å²) in [5.74, 6) is 0.0150. The van der Waals surface area contributed by atoms with Gasteiger partial charge in [-0.3, -0.25) is 9.59 Å². The van der Waals surface area contributed by atoms with Gasteiger partial charge in [-0.2, -0.15) is 0 Å². The number of carbonyl (C=O) groups excluding carboxylic acids is 2. The molecule has 3 N–H and O–H groups in total. The molecule has 0 aromatic heterocycles. The van der Waals surface area contributed by atoms with Crippen molar-refractivity contribution >= 4 is 17.5 Å². The van der Waals surface area contributed by atoms with E-state index in [-0.39, 0.29) is 17.9 Å². The molecule has 1 heterocycles. The monoisotopic (exact) mass is 303 g/mol. The van der Waals surface area contributed by atoms with Crippen LogP contribution in [-0.2, 0) is 9.59 Å². The lowest BCUT2D eigenvalue weighted by Crippen LogP contribution is -2.51. The Kier molecular flexibility index (Phi) is 5.06. The number of benzene rings is 1. The number of aryl methyl sites for hydroxylation is 1.